The first-order valence-electron chi connectivity index (χ1n) is 8.36. The Morgan fingerprint density at radius 2 is 1.96 bits per heavy atom. The second kappa shape index (κ2) is 7.87. The Bertz CT molecular complexity index is 1010. The van der Waals surface area contributed by atoms with Gasteiger partial charge in [-0.2, -0.15) is 4.98 Å². The number of carbonyl (C=O) groups is 1. The molecule has 0 aliphatic carbocycles. The molecule has 0 spiro atoms. The van der Waals surface area contributed by atoms with E-state index in [1.54, 1.807) is 57.5 Å². The second-order valence-corrected chi connectivity index (χ2v) is 6.16. The minimum absolute atomic E-state index is 0.0731. The van der Waals surface area contributed by atoms with E-state index in [1.165, 1.54) is 11.0 Å². The van der Waals surface area contributed by atoms with Crippen molar-refractivity contribution in [3.05, 3.63) is 69.6 Å². The zero-order chi connectivity index (χ0) is 20.3. The molecule has 0 saturated heterocycles. The Hall–Kier alpha value is -3.75. The first-order chi connectivity index (χ1) is 13.4. The highest BCUT2D eigenvalue weighted by molar-refractivity contribution is 5.94. The summed E-state index contributed by atoms with van der Waals surface area (Å²) in [6.07, 6.45) is 0. The highest BCUT2D eigenvalue weighted by Gasteiger charge is 2.19. The normalized spacial score (nSPS) is 10.5. The van der Waals surface area contributed by atoms with Crippen molar-refractivity contribution in [3.63, 3.8) is 0 Å². The number of nitrogens with zero attached hydrogens (tertiary/aromatic N) is 4. The highest BCUT2D eigenvalue weighted by Crippen LogP contribution is 2.22. The average Bonchev–Trinajstić information content (AvgIpc) is 3.16. The SMILES string of the molecule is COc1ccc(-c2noc(CN(C)C(=O)c3ccc(C)c([N+](=O)[O-])c3)n2)cc1. The number of amides is 1. The Morgan fingerprint density at radius 3 is 2.61 bits per heavy atom. The topological polar surface area (TPSA) is 112 Å². The number of nitro benzene ring substituents is 1. The predicted molar refractivity (Wildman–Crippen MR) is 99.9 cm³/mol. The molecule has 1 amide bonds. The van der Waals surface area contributed by atoms with Crippen molar-refractivity contribution in [1.29, 1.82) is 0 Å². The number of ether oxygens (including phenoxy) is 1. The average molecular weight is 382 g/mol. The largest absolute Gasteiger partial charge is 0.497 e. The summed E-state index contributed by atoms with van der Waals surface area (Å²) in [4.78, 5) is 28.8. The molecule has 0 bridgehead atoms. The van der Waals surface area contributed by atoms with Gasteiger partial charge < -0.3 is 14.2 Å². The van der Waals surface area contributed by atoms with Crippen LogP contribution in [0.5, 0.6) is 5.75 Å². The zero-order valence-electron chi connectivity index (χ0n) is 15.6. The number of aromatic nitrogens is 2. The first-order valence-corrected chi connectivity index (χ1v) is 8.36. The minimum atomic E-state index is -0.509. The lowest BCUT2D eigenvalue weighted by Crippen LogP contribution is -2.26. The van der Waals surface area contributed by atoms with Crippen LogP contribution in [-0.2, 0) is 6.54 Å². The molecular formula is C19H18N4O5. The van der Waals surface area contributed by atoms with Crippen LogP contribution in [0.15, 0.2) is 47.0 Å². The number of benzene rings is 2. The number of aryl methyl sites for hydroxylation is 1. The van der Waals surface area contributed by atoms with Gasteiger partial charge >= 0.3 is 0 Å². The summed E-state index contributed by atoms with van der Waals surface area (Å²) in [7, 11) is 3.14. The molecule has 0 radical (unpaired) electrons. The van der Waals surface area contributed by atoms with Crippen LogP contribution in [0.1, 0.15) is 21.8 Å². The smallest absolute Gasteiger partial charge is 0.273 e. The molecule has 0 aliphatic heterocycles. The predicted octanol–water partition coefficient (Wildman–Crippen LogP) is 3.23. The number of hydrogen-bond donors (Lipinski definition) is 0. The van der Waals surface area contributed by atoms with Crippen molar-refractivity contribution in [3.8, 4) is 17.1 Å². The maximum absolute atomic E-state index is 12.6. The van der Waals surface area contributed by atoms with E-state index in [0.717, 1.165) is 5.56 Å². The first kappa shape index (κ1) is 19.0. The Labute approximate surface area is 160 Å². The fraction of sp³-hybridized carbons (Fsp3) is 0.211. The summed E-state index contributed by atoms with van der Waals surface area (Å²) in [5.41, 5.74) is 1.36. The van der Waals surface area contributed by atoms with Crippen molar-refractivity contribution in [2.24, 2.45) is 0 Å². The molecule has 3 rings (SSSR count). The zero-order valence-corrected chi connectivity index (χ0v) is 15.6. The molecule has 2 aromatic carbocycles. The number of rotatable bonds is 6. The summed E-state index contributed by atoms with van der Waals surface area (Å²) >= 11 is 0. The fourth-order valence-electron chi connectivity index (χ4n) is 2.61. The van der Waals surface area contributed by atoms with Crippen molar-refractivity contribution in [1.82, 2.24) is 15.0 Å². The van der Waals surface area contributed by atoms with E-state index in [2.05, 4.69) is 10.1 Å². The van der Waals surface area contributed by atoms with Gasteiger partial charge in [-0.05, 0) is 37.3 Å². The van der Waals surface area contributed by atoms with E-state index in [0.29, 0.717) is 17.1 Å². The Morgan fingerprint density at radius 1 is 1.25 bits per heavy atom. The van der Waals surface area contributed by atoms with E-state index in [-0.39, 0.29) is 29.6 Å². The van der Waals surface area contributed by atoms with Crippen LogP contribution >= 0.6 is 0 Å². The molecule has 0 aliphatic rings. The summed E-state index contributed by atoms with van der Waals surface area (Å²) in [6.45, 7) is 1.69. The Balaban J connectivity index is 1.73. The summed E-state index contributed by atoms with van der Waals surface area (Å²) in [6, 6.07) is 11.5. The lowest BCUT2D eigenvalue weighted by Gasteiger charge is -2.14. The number of nitro groups is 1. The van der Waals surface area contributed by atoms with Gasteiger partial charge in [0.25, 0.3) is 11.6 Å². The van der Waals surface area contributed by atoms with Crippen LogP contribution in [0.2, 0.25) is 0 Å². The molecule has 0 N–H and O–H groups in total. The molecule has 3 aromatic rings. The maximum atomic E-state index is 12.6. The number of carbonyl (C=O) groups excluding carboxylic acids is 1. The van der Waals surface area contributed by atoms with Gasteiger partial charge in [0, 0.05) is 29.8 Å². The van der Waals surface area contributed by atoms with E-state index in [9.17, 15) is 14.9 Å². The molecular weight excluding hydrogens is 364 g/mol. The third kappa shape index (κ3) is 3.98. The standard InChI is InChI=1S/C19H18N4O5/c1-12-4-5-14(10-16(12)23(25)26)19(24)22(2)11-17-20-18(21-28-17)13-6-8-15(27-3)9-7-13/h4-10H,11H2,1-3H3. The fourth-order valence-corrected chi connectivity index (χ4v) is 2.61. The van der Waals surface area contributed by atoms with E-state index in [1.807, 2.05) is 0 Å². The Kier molecular flexibility index (Phi) is 5.35. The van der Waals surface area contributed by atoms with Gasteiger partial charge in [0.05, 0.1) is 18.6 Å². The lowest BCUT2D eigenvalue weighted by atomic mass is 10.1. The van der Waals surface area contributed by atoms with Crippen molar-refractivity contribution < 1.29 is 19.0 Å². The van der Waals surface area contributed by atoms with Gasteiger partial charge in [0.2, 0.25) is 11.7 Å². The molecule has 1 aromatic heterocycles. The van der Waals surface area contributed by atoms with E-state index < -0.39 is 4.92 Å². The molecule has 0 unspecified atom stereocenters. The van der Waals surface area contributed by atoms with Gasteiger partial charge in [-0.15, -0.1) is 0 Å². The van der Waals surface area contributed by atoms with Crippen molar-refractivity contribution >= 4 is 11.6 Å². The van der Waals surface area contributed by atoms with Crippen LogP contribution < -0.4 is 4.74 Å². The van der Waals surface area contributed by atoms with Crippen LogP contribution in [0.4, 0.5) is 5.69 Å². The van der Waals surface area contributed by atoms with Crippen molar-refractivity contribution in [2.75, 3.05) is 14.2 Å². The lowest BCUT2D eigenvalue weighted by molar-refractivity contribution is -0.385. The van der Waals surface area contributed by atoms with E-state index >= 15 is 0 Å². The summed E-state index contributed by atoms with van der Waals surface area (Å²) in [5, 5.41) is 15.0. The van der Waals surface area contributed by atoms with Crippen LogP contribution in [-0.4, -0.2) is 40.0 Å². The molecule has 144 valence electrons. The van der Waals surface area contributed by atoms with Crippen LogP contribution in [0.25, 0.3) is 11.4 Å². The quantitative estimate of drug-likeness (QED) is 0.475. The van der Waals surface area contributed by atoms with Gasteiger partial charge in [0.15, 0.2) is 0 Å². The third-order valence-corrected chi connectivity index (χ3v) is 4.19. The monoisotopic (exact) mass is 382 g/mol. The third-order valence-electron chi connectivity index (χ3n) is 4.19. The maximum Gasteiger partial charge on any atom is 0.273 e. The van der Waals surface area contributed by atoms with Crippen LogP contribution in [0, 0.1) is 17.0 Å². The number of methoxy groups -OCH3 is 1. The molecule has 9 nitrogen and oxygen atoms in total. The molecule has 0 saturated carbocycles. The molecule has 0 fully saturated rings. The van der Waals surface area contributed by atoms with Gasteiger partial charge in [-0.1, -0.05) is 11.2 Å². The number of hydrogen-bond acceptors (Lipinski definition) is 7. The molecule has 1 heterocycles. The van der Waals surface area contributed by atoms with E-state index in [4.69, 9.17) is 9.26 Å². The molecule has 9 heteroatoms. The van der Waals surface area contributed by atoms with Crippen molar-refractivity contribution in [2.45, 2.75) is 13.5 Å². The molecule has 28 heavy (non-hydrogen) atoms. The highest BCUT2D eigenvalue weighted by atomic mass is 16.6. The van der Waals surface area contributed by atoms with Gasteiger partial charge in [-0.3, -0.25) is 14.9 Å². The summed E-state index contributed by atoms with van der Waals surface area (Å²) < 4.78 is 10.3. The minimum Gasteiger partial charge on any atom is -0.497 e. The summed E-state index contributed by atoms with van der Waals surface area (Å²) in [5.74, 6) is 0.977. The second-order valence-electron chi connectivity index (χ2n) is 6.16. The van der Waals surface area contributed by atoms with Crippen LogP contribution in [0.3, 0.4) is 0 Å². The van der Waals surface area contributed by atoms with Gasteiger partial charge in [-0.25, -0.2) is 0 Å². The molecule has 0 atom stereocenters. The van der Waals surface area contributed by atoms with Gasteiger partial charge in [0.1, 0.15) is 5.75 Å².